The Labute approximate surface area is 102 Å². The molecule has 0 saturated heterocycles. The normalized spacial score (nSPS) is 10.6. The van der Waals surface area contributed by atoms with Crippen molar-refractivity contribution in [1.82, 2.24) is 10.5 Å². The SMILES string of the molecule is c1ccc(CCCCNCc2ccon2)cc1. The number of hydrogen-bond donors (Lipinski definition) is 1. The minimum atomic E-state index is 0.793. The van der Waals surface area contributed by atoms with Gasteiger partial charge < -0.3 is 9.84 Å². The maximum atomic E-state index is 4.76. The number of unbranched alkanes of at least 4 members (excludes halogenated alkanes) is 1. The highest BCUT2D eigenvalue weighted by Gasteiger charge is 1.95. The molecule has 17 heavy (non-hydrogen) atoms. The van der Waals surface area contributed by atoms with Crippen LogP contribution in [0.3, 0.4) is 0 Å². The molecule has 0 unspecified atom stereocenters. The Morgan fingerprint density at radius 3 is 2.71 bits per heavy atom. The molecule has 1 N–H and O–H groups in total. The molecule has 0 fully saturated rings. The molecule has 0 saturated carbocycles. The maximum absolute atomic E-state index is 4.76. The molecular weight excluding hydrogens is 212 g/mol. The number of nitrogens with one attached hydrogen (secondary N) is 1. The first-order valence-electron chi connectivity index (χ1n) is 6.09. The second kappa shape index (κ2) is 6.86. The minimum Gasteiger partial charge on any atom is -0.364 e. The van der Waals surface area contributed by atoms with Crippen LogP contribution in [0.5, 0.6) is 0 Å². The Kier molecular flexibility index (Phi) is 4.79. The number of hydrogen-bond acceptors (Lipinski definition) is 3. The van der Waals surface area contributed by atoms with Gasteiger partial charge >= 0.3 is 0 Å². The summed E-state index contributed by atoms with van der Waals surface area (Å²) in [5, 5.41) is 7.20. The molecule has 2 rings (SSSR count). The Morgan fingerprint density at radius 1 is 1.06 bits per heavy atom. The standard InChI is InChI=1S/C14H18N2O/c1-2-6-13(7-3-1)8-4-5-10-15-12-14-9-11-17-16-14/h1-3,6-7,9,11,15H,4-5,8,10,12H2. The van der Waals surface area contributed by atoms with Crippen molar-refractivity contribution in [3.05, 3.63) is 53.9 Å². The van der Waals surface area contributed by atoms with Crippen LogP contribution in [0.4, 0.5) is 0 Å². The Balaban J connectivity index is 1.52. The van der Waals surface area contributed by atoms with Crippen LogP contribution in [0.2, 0.25) is 0 Å². The maximum Gasteiger partial charge on any atom is 0.124 e. The van der Waals surface area contributed by atoms with Gasteiger partial charge in [0.1, 0.15) is 6.26 Å². The summed E-state index contributed by atoms with van der Waals surface area (Å²) >= 11 is 0. The fourth-order valence-electron chi connectivity index (χ4n) is 1.77. The number of aromatic nitrogens is 1. The summed E-state index contributed by atoms with van der Waals surface area (Å²) in [6.45, 7) is 1.82. The molecule has 2 aromatic rings. The van der Waals surface area contributed by atoms with E-state index < -0.39 is 0 Å². The van der Waals surface area contributed by atoms with Crippen LogP contribution in [-0.4, -0.2) is 11.7 Å². The zero-order valence-corrected chi connectivity index (χ0v) is 9.93. The molecule has 0 spiro atoms. The van der Waals surface area contributed by atoms with Crippen molar-refractivity contribution in [2.45, 2.75) is 25.8 Å². The van der Waals surface area contributed by atoms with Crippen LogP contribution in [0.1, 0.15) is 24.1 Å². The molecule has 0 radical (unpaired) electrons. The third-order valence-electron chi connectivity index (χ3n) is 2.71. The van der Waals surface area contributed by atoms with Crippen molar-refractivity contribution in [1.29, 1.82) is 0 Å². The second-order valence-electron chi connectivity index (χ2n) is 4.11. The first kappa shape index (κ1) is 11.9. The van der Waals surface area contributed by atoms with Crippen LogP contribution in [0.25, 0.3) is 0 Å². The first-order chi connectivity index (χ1) is 8.45. The molecule has 90 valence electrons. The van der Waals surface area contributed by atoms with Gasteiger partial charge in [-0.3, -0.25) is 0 Å². The average Bonchev–Trinajstić information content (AvgIpc) is 2.88. The summed E-state index contributed by atoms with van der Waals surface area (Å²) in [7, 11) is 0. The van der Waals surface area contributed by atoms with Gasteiger partial charge in [-0.25, -0.2) is 0 Å². The lowest BCUT2D eigenvalue weighted by Crippen LogP contribution is -2.14. The van der Waals surface area contributed by atoms with Crippen molar-refractivity contribution in [3.63, 3.8) is 0 Å². The quantitative estimate of drug-likeness (QED) is 0.743. The van der Waals surface area contributed by atoms with Crippen LogP contribution >= 0.6 is 0 Å². The monoisotopic (exact) mass is 230 g/mol. The molecule has 0 bridgehead atoms. The summed E-state index contributed by atoms with van der Waals surface area (Å²) in [6.07, 6.45) is 5.17. The molecule has 1 heterocycles. The molecular formula is C14H18N2O. The molecule has 0 amide bonds. The van der Waals surface area contributed by atoms with Gasteiger partial charge in [0.2, 0.25) is 0 Å². The highest BCUT2D eigenvalue weighted by atomic mass is 16.5. The lowest BCUT2D eigenvalue weighted by atomic mass is 10.1. The van der Waals surface area contributed by atoms with Gasteiger partial charge in [0.05, 0.1) is 5.69 Å². The molecule has 3 nitrogen and oxygen atoms in total. The van der Waals surface area contributed by atoms with E-state index >= 15 is 0 Å². The zero-order valence-electron chi connectivity index (χ0n) is 9.93. The van der Waals surface area contributed by atoms with Gasteiger partial charge in [-0.05, 0) is 31.4 Å². The Hall–Kier alpha value is -1.61. The van der Waals surface area contributed by atoms with E-state index in [1.165, 1.54) is 18.4 Å². The smallest absolute Gasteiger partial charge is 0.124 e. The van der Waals surface area contributed by atoms with Gasteiger partial charge in [0.25, 0.3) is 0 Å². The first-order valence-corrected chi connectivity index (χ1v) is 6.09. The summed E-state index contributed by atoms with van der Waals surface area (Å²) in [5.74, 6) is 0. The molecule has 0 aliphatic carbocycles. The number of aryl methyl sites for hydroxylation is 1. The number of benzene rings is 1. The van der Waals surface area contributed by atoms with E-state index in [1.807, 2.05) is 6.07 Å². The topological polar surface area (TPSA) is 38.1 Å². The third-order valence-corrected chi connectivity index (χ3v) is 2.71. The third kappa shape index (κ3) is 4.41. The van der Waals surface area contributed by atoms with Crippen LogP contribution < -0.4 is 5.32 Å². The van der Waals surface area contributed by atoms with Crippen LogP contribution in [-0.2, 0) is 13.0 Å². The molecule has 0 aliphatic heterocycles. The van der Waals surface area contributed by atoms with Gasteiger partial charge in [-0.2, -0.15) is 0 Å². The lowest BCUT2D eigenvalue weighted by Gasteiger charge is -2.03. The molecule has 0 atom stereocenters. The van der Waals surface area contributed by atoms with Gasteiger partial charge in [-0.1, -0.05) is 35.5 Å². The predicted molar refractivity (Wildman–Crippen MR) is 67.6 cm³/mol. The second-order valence-corrected chi connectivity index (χ2v) is 4.11. The van der Waals surface area contributed by atoms with Gasteiger partial charge in [-0.15, -0.1) is 0 Å². The largest absolute Gasteiger partial charge is 0.364 e. The highest BCUT2D eigenvalue weighted by molar-refractivity contribution is 5.14. The van der Waals surface area contributed by atoms with E-state index in [-0.39, 0.29) is 0 Å². The zero-order chi connectivity index (χ0) is 11.8. The Morgan fingerprint density at radius 2 is 1.94 bits per heavy atom. The van der Waals surface area contributed by atoms with Crippen molar-refractivity contribution >= 4 is 0 Å². The Bertz CT molecular complexity index is 397. The van der Waals surface area contributed by atoms with E-state index in [2.05, 4.69) is 40.8 Å². The van der Waals surface area contributed by atoms with Crippen LogP contribution in [0, 0.1) is 0 Å². The van der Waals surface area contributed by atoms with E-state index in [1.54, 1.807) is 6.26 Å². The van der Waals surface area contributed by atoms with E-state index in [0.29, 0.717) is 0 Å². The fourth-order valence-corrected chi connectivity index (χ4v) is 1.77. The van der Waals surface area contributed by atoms with Crippen molar-refractivity contribution < 1.29 is 4.52 Å². The summed E-state index contributed by atoms with van der Waals surface area (Å²) in [6, 6.07) is 12.5. The van der Waals surface area contributed by atoms with Crippen molar-refractivity contribution in [2.24, 2.45) is 0 Å². The van der Waals surface area contributed by atoms with E-state index in [0.717, 1.165) is 25.2 Å². The summed E-state index contributed by atoms with van der Waals surface area (Å²) in [4.78, 5) is 0. The minimum absolute atomic E-state index is 0.793. The van der Waals surface area contributed by atoms with E-state index in [9.17, 15) is 0 Å². The molecule has 1 aromatic carbocycles. The van der Waals surface area contributed by atoms with Crippen LogP contribution in [0.15, 0.2) is 47.2 Å². The lowest BCUT2D eigenvalue weighted by molar-refractivity contribution is 0.408. The summed E-state index contributed by atoms with van der Waals surface area (Å²) < 4.78 is 4.76. The number of nitrogens with zero attached hydrogens (tertiary/aromatic N) is 1. The molecule has 3 heteroatoms. The fraction of sp³-hybridized carbons (Fsp3) is 0.357. The molecule has 0 aliphatic rings. The summed E-state index contributed by atoms with van der Waals surface area (Å²) in [5.41, 5.74) is 2.39. The predicted octanol–water partition coefficient (Wildman–Crippen LogP) is 2.79. The highest BCUT2D eigenvalue weighted by Crippen LogP contribution is 2.03. The average molecular weight is 230 g/mol. The number of rotatable bonds is 7. The molecule has 1 aromatic heterocycles. The van der Waals surface area contributed by atoms with Gasteiger partial charge in [0.15, 0.2) is 0 Å². The van der Waals surface area contributed by atoms with Crippen molar-refractivity contribution in [2.75, 3.05) is 6.54 Å². The van der Waals surface area contributed by atoms with Gasteiger partial charge in [0, 0.05) is 12.6 Å². The van der Waals surface area contributed by atoms with Crippen molar-refractivity contribution in [3.8, 4) is 0 Å². The van der Waals surface area contributed by atoms with E-state index in [4.69, 9.17) is 4.52 Å².